The average molecular weight is 283 g/mol. The summed E-state index contributed by atoms with van der Waals surface area (Å²) in [4.78, 5) is 13.0. The number of carbonyl (C=O) groups is 1. The van der Waals surface area contributed by atoms with Gasteiger partial charge in [-0.1, -0.05) is 18.2 Å². The molecule has 104 valence electrons. The third-order valence-corrected chi connectivity index (χ3v) is 4.63. The second kappa shape index (κ2) is 6.39. The van der Waals surface area contributed by atoms with E-state index in [-0.39, 0.29) is 24.3 Å². The Balaban J connectivity index is 2.17. The highest BCUT2D eigenvalue weighted by molar-refractivity contribution is 7.99. The van der Waals surface area contributed by atoms with Crippen LogP contribution in [-0.4, -0.2) is 40.1 Å². The van der Waals surface area contributed by atoms with Crippen LogP contribution in [0, 0.1) is 5.82 Å². The Hall–Kier alpha value is -1.07. The Morgan fingerprint density at radius 2 is 2.32 bits per heavy atom. The Labute approximate surface area is 116 Å². The first-order valence-corrected chi connectivity index (χ1v) is 7.54. The van der Waals surface area contributed by atoms with E-state index in [0.29, 0.717) is 5.56 Å². The van der Waals surface area contributed by atoms with Gasteiger partial charge in [0.2, 0.25) is 0 Å². The first kappa shape index (κ1) is 14.3. The summed E-state index contributed by atoms with van der Waals surface area (Å²) in [5, 5.41) is 8.98. The van der Waals surface area contributed by atoms with E-state index in [1.165, 1.54) is 6.07 Å². The Bertz CT molecular complexity index is 455. The number of aliphatic carboxylic acids is 1. The maximum Gasteiger partial charge on any atom is 0.304 e. The highest BCUT2D eigenvalue weighted by atomic mass is 32.2. The van der Waals surface area contributed by atoms with Gasteiger partial charge in [-0.05, 0) is 13.0 Å². The molecule has 1 fully saturated rings. The molecule has 1 aromatic carbocycles. The number of halogens is 1. The Kier molecular flexibility index (Phi) is 4.82. The minimum atomic E-state index is -0.793. The molecule has 19 heavy (non-hydrogen) atoms. The van der Waals surface area contributed by atoms with Crippen molar-refractivity contribution in [2.24, 2.45) is 0 Å². The quantitative estimate of drug-likeness (QED) is 0.922. The number of thioether (sulfide) groups is 1. The Morgan fingerprint density at radius 3 is 3.00 bits per heavy atom. The van der Waals surface area contributed by atoms with Crippen molar-refractivity contribution in [3.05, 3.63) is 35.6 Å². The van der Waals surface area contributed by atoms with Crippen molar-refractivity contribution in [3.63, 3.8) is 0 Å². The van der Waals surface area contributed by atoms with Gasteiger partial charge in [0, 0.05) is 35.7 Å². The fraction of sp³-hybridized carbons (Fsp3) is 0.500. The molecule has 0 spiro atoms. The van der Waals surface area contributed by atoms with Crippen LogP contribution in [0.4, 0.5) is 4.39 Å². The summed E-state index contributed by atoms with van der Waals surface area (Å²) in [6.07, 6.45) is 0.117. The van der Waals surface area contributed by atoms with E-state index in [1.807, 2.05) is 13.0 Å². The summed E-state index contributed by atoms with van der Waals surface area (Å²) in [6, 6.07) is 6.61. The summed E-state index contributed by atoms with van der Waals surface area (Å²) in [6.45, 7) is 2.75. The zero-order valence-corrected chi connectivity index (χ0v) is 11.7. The van der Waals surface area contributed by atoms with Gasteiger partial charge >= 0.3 is 5.97 Å². The van der Waals surface area contributed by atoms with Crippen LogP contribution in [0.3, 0.4) is 0 Å². The van der Waals surface area contributed by atoms with E-state index in [9.17, 15) is 9.18 Å². The molecule has 0 aromatic heterocycles. The Morgan fingerprint density at radius 1 is 1.58 bits per heavy atom. The molecule has 5 heteroatoms. The van der Waals surface area contributed by atoms with Gasteiger partial charge in [0.15, 0.2) is 0 Å². The molecule has 3 nitrogen and oxygen atoms in total. The van der Waals surface area contributed by atoms with Gasteiger partial charge in [-0.25, -0.2) is 4.39 Å². The molecule has 0 radical (unpaired) electrons. The second-order valence-electron chi connectivity index (χ2n) is 4.76. The molecule has 0 bridgehead atoms. The van der Waals surface area contributed by atoms with E-state index in [2.05, 4.69) is 4.90 Å². The zero-order valence-electron chi connectivity index (χ0n) is 10.9. The van der Waals surface area contributed by atoms with Crippen LogP contribution in [0.2, 0.25) is 0 Å². The molecule has 1 aromatic rings. The molecule has 1 N–H and O–H groups in total. The topological polar surface area (TPSA) is 40.5 Å². The highest BCUT2D eigenvalue weighted by Gasteiger charge is 2.30. The first-order valence-electron chi connectivity index (χ1n) is 6.39. The predicted molar refractivity (Wildman–Crippen MR) is 74.9 cm³/mol. The van der Waals surface area contributed by atoms with Gasteiger partial charge in [0.1, 0.15) is 5.82 Å². The van der Waals surface area contributed by atoms with Crippen LogP contribution < -0.4 is 0 Å². The average Bonchev–Trinajstić information content (AvgIpc) is 2.38. The van der Waals surface area contributed by atoms with Crippen LogP contribution in [0.25, 0.3) is 0 Å². The fourth-order valence-corrected chi connectivity index (χ4v) is 3.64. The second-order valence-corrected chi connectivity index (χ2v) is 5.91. The molecule has 1 aliphatic heterocycles. The fourth-order valence-electron chi connectivity index (χ4n) is 2.55. The summed E-state index contributed by atoms with van der Waals surface area (Å²) in [5.74, 6) is 0.750. The molecular formula is C14H18FNO2S. The maximum atomic E-state index is 13.8. The summed E-state index contributed by atoms with van der Waals surface area (Å²) in [7, 11) is 0. The molecule has 2 rings (SSSR count). The van der Waals surface area contributed by atoms with Crippen LogP contribution in [0.1, 0.15) is 24.9 Å². The van der Waals surface area contributed by atoms with Crippen LogP contribution in [0.15, 0.2) is 24.3 Å². The van der Waals surface area contributed by atoms with Crippen LogP contribution in [0.5, 0.6) is 0 Å². The number of carboxylic acids is 1. The van der Waals surface area contributed by atoms with E-state index in [1.54, 1.807) is 23.9 Å². The molecule has 0 aliphatic carbocycles. The van der Waals surface area contributed by atoms with Crippen molar-refractivity contribution in [1.82, 2.24) is 4.90 Å². The summed E-state index contributed by atoms with van der Waals surface area (Å²) in [5.41, 5.74) is 0.643. The third-order valence-electron chi connectivity index (χ3n) is 3.54. The van der Waals surface area contributed by atoms with Crippen molar-refractivity contribution >= 4 is 17.7 Å². The van der Waals surface area contributed by atoms with Gasteiger partial charge in [-0.3, -0.25) is 9.69 Å². The lowest BCUT2D eigenvalue weighted by molar-refractivity contribution is -0.138. The normalized spacial score (nSPS) is 22.1. The van der Waals surface area contributed by atoms with Crippen LogP contribution >= 0.6 is 11.8 Å². The smallest absolute Gasteiger partial charge is 0.304 e. The van der Waals surface area contributed by atoms with Gasteiger partial charge in [-0.2, -0.15) is 11.8 Å². The molecule has 0 saturated carbocycles. The lowest BCUT2D eigenvalue weighted by Crippen LogP contribution is -2.45. The minimum Gasteiger partial charge on any atom is -0.481 e. The number of nitrogens with zero attached hydrogens (tertiary/aromatic N) is 1. The monoisotopic (exact) mass is 283 g/mol. The molecule has 1 aliphatic rings. The van der Waals surface area contributed by atoms with Crippen molar-refractivity contribution in [2.75, 3.05) is 18.1 Å². The molecule has 2 atom stereocenters. The summed E-state index contributed by atoms with van der Waals surface area (Å²) < 4.78 is 13.8. The molecule has 2 unspecified atom stereocenters. The van der Waals surface area contributed by atoms with Crippen molar-refractivity contribution in [1.29, 1.82) is 0 Å². The maximum absolute atomic E-state index is 13.8. The third kappa shape index (κ3) is 3.48. The van der Waals surface area contributed by atoms with E-state index in [4.69, 9.17) is 5.11 Å². The van der Waals surface area contributed by atoms with Crippen LogP contribution in [-0.2, 0) is 4.79 Å². The number of hydrogen-bond donors (Lipinski definition) is 1. The van der Waals surface area contributed by atoms with Gasteiger partial charge in [0.05, 0.1) is 6.42 Å². The van der Waals surface area contributed by atoms with Crippen molar-refractivity contribution in [2.45, 2.75) is 25.4 Å². The van der Waals surface area contributed by atoms with Gasteiger partial charge in [0.25, 0.3) is 0 Å². The van der Waals surface area contributed by atoms with Crippen molar-refractivity contribution in [3.8, 4) is 0 Å². The zero-order chi connectivity index (χ0) is 13.8. The molecular weight excluding hydrogens is 265 g/mol. The number of carboxylic acid groups (broad SMARTS) is 1. The largest absolute Gasteiger partial charge is 0.481 e. The lowest BCUT2D eigenvalue weighted by Gasteiger charge is -2.39. The molecule has 1 saturated heterocycles. The first-order chi connectivity index (χ1) is 9.09. The molecule has 0 amide bonds. The van der Waals surface area contributed by atoms with E-state index >= 15 is 0 Å². The van der Waals surface area contributed by atoms with Gasteiger partial charge in [-0.15, -0.1) is 0 Å². The van der Waals surface area contributed by atoms with Crippen molar-refractivity contribution < 1.29 is 14.3 Å². The molecule has 1 heterocycles. The predicted octanol–water partition coefficient (Wildman–Crippen LogP) is 2.78. The minimum absolute atomic E-state index is 0.0224. The number of rotatable bonds is 4. The highest BCUT2D eigenvalue weighted by Crippen LogP contribution is 2.30. The number of hydrogen-bond acceptors (Lipinski definition) is 3. The summed E-state index contributed by atoms with van der Waals surface area (Å²) >= 11 is 1.77. The van der Waals surface area contributed by atoms with E-state index < -0.39 is 5.97 Å². The number of benzene rings is 1. The van der Waals surface area contributed by atoms with Gasteiger partial charge < -0.3 is 5.11 Å². The van der Waals surface area contributed by atoms with E-state index in [0.717, 1.165) is 18.1 Å². The standard InChI is InChI=1S/C14H18FNO2S/c1-10(12-4-2-3-5-13(12)15)16-6-7-19-9-11(16)8-14(17)18/h2-5,10-11H,6-9H2,1H3,(H,17,18). The SMILES string of the molecule is CC(c1ccccc1F)N1CCSCC1CC(=O)O. The lowest BCUT2D eigenvalue weighted by atomic mass is 10.0.